The lowest BCUT2D eigenvalue weighted by Crippen LogP contribution is -2.14. The van der Waals surface area contributed by atoms with E-state index < -0.39 is 0 Å². The van der Waals surface area contributed by atoms with Crippen molar-refractivity contribution in [2.24, 2.45) is 0 Å². The van der Waals surface area contributed by atoms with Gasteiger partial charge in [-0.25, -0.2) is 0 Å². The molecule has 0 aliphatic carbocycles. The summed E-state index contributed by atoms with van der Waals surface area (Å²) in [5, 5.41) is 12.4. The quantitative estimate of drug-likeness (QED) is 0.461. The largest absolute Gasteiger partial charge is 0.482 e. The van der Waals surface area contributed by atoms with E-state index in [9.17, 15) is 4.79 Å². The molecule has 0 bridgehead atoms. The van der Waals surface area contributed by atoms with Gasteiger partial charge in [0.2, 0.25) is 5.91 Å². The van der Waals surface area contributed by atoms with E-state index in [0.717, 1.165) is 17.3 Å². The van der Waals surface area contributed by atoms with Crippen LogP contribution < -0.4 is 10.1 Å². The van der Waals surface area contributed by atoms with Crippen molar-refractivity contribution in [2.45, 2.75) is 18.8 Å². The van der Waals surface area contributed by atoms with E-state index in [1.807, 2.05) is 6.92 Å². The average Bonchev–Trinajstić information content (AvgIpc) is 3.09. The second-order valence-corrected chi connectivity index (χ2v) is 7.83. The number of hydrogen-bond donors (Lipinski definition) is 1. The standard InChI is InChI=1S/C18H14Cl3N3O3S/c1-10-6-11(19)2-4-14(10)22-16(25)9-28-18-24-23-17(27-18)8-26-15-5-3-12(20)7-13(15)21/h2-7H,8-9H2,1H3,(H,22,25). The monoisotopic (exact) mass is 457 g/mol. The molecular weight excluding hydrogens is 445 g/mol. The van der Waals surface area contributed by atoms with Crippen LogP contribution in [-0.2, 0) is 11.4 Å². The van der Waals surface area contributed by atoms with E-state index in [1.165, 1.54) is 0 Å². The molecule has 0 aliphatic heterocycles. The van der Waals surface area contributed by atoms with Gasteiger partial charge in [-0.3, -0.25) is 4.79 Å². The number of nitrogens with one attached hydrogen (secondary N) is 1. The van der Waals surface area contributed by atoms with Crippen molar-refractivity contribution >= 4 is 58.2 Å². The number of benzene rings is 2. The van der Waals surface area contributed by atoms with Crippen LogP contribution in [0.5, 0.6) is 5.75 Å². The number of rotatable bonds is 7. The summed E-state index contributed by atoms with van der Waals surface area (Å²) in [7, 11) is 0. The molecule has 28 heavy (non-hydrogen) atoms. The van der Waals surface area contributed by atoms with E-state index in [4.69, 9.17) is 44.0 Å². The molecule has 10 heteroatoms. The highest BCUT2D eigenvalue weighted by atomic mass is 35.5. The van der Waals surface area contributed by atoms with Gasteiger partial charge in [-0.15, -0.1) is 10.2 Å². The lowest BCUT2D eigenvalue weighted by Gasteiger charge is -2.07. The van der Waals surface area contributed by atoms with Crippen LogP contribution in [0, 0.1) is 6.92 Å². The highest BCUT2D eigenvalue weighted by Crippen LogP contribution is 2.28. The third-order valence-corrected chi connectivity index (χ3v) is 5.07. The molecule has 2 aromatic carbocycles. The minimum absolute atomic E-state index is 0.0467. The van der Waals surface area contributed by atoms with Gasteiger partial charge in [0.05, 0.1) is 10.8 Å². The number of aryl methyl sites for hydroxylation is 1. The third kappa shape index (κ3) is 5.78. The van der Waals surface area contributed by atoms with Gasteiger partial charge in [0, 0.05) is 15.7 Å². The molecule has 1 heterocycles. The lowest BCUT2D eigenvalue weighted by molar-refractivity contribution is -0.113. The van der Waals surface area contributed by atoms with Crippen LogP contribution >= 0.6 is 46.6 Å². The molecule has 0 fully saturated rings. The smallest absolute Gasteiger partial charge is 0.277 e. The first kappa shape index (κ1) is 20.8. The molecule has 3 aromatic rings. The molecule has 0 saturated carbocycles. The Morgan fingerprint density at radius 2 is 1.89 bits per heavy atom. The fourth-order valence-electron chi connectivity index (χ4n) is 2.17. The minimum atomic E-state index is -0.195. The molecule has 0 saturated heterocycles. The molecule has 1 aromatic heterocycles. The van der Waals surface area contributed by atoms with Crippen LogP contribution in [0.1, 0.15) is 11.5 Å². The number of nitrogens with zero attached hydrogens (tertiary/aromatic N) is 2. The predicted octanol–water partition coefficient (Wildman–Crippen LogP) is 5.65. The second kappa shape index (κ2) is 9.52. The number of carbonyl (C=O) groups is 1. The highest BCUT2D eigenvalue weighted by molar-refractivity contribution is 7.99. The van der Waals surface area contributed by atoms with E-state index in [2.05, 4.69) is 15.5 Å². The van der Waals surface area contributed by atoms with Crippen LogP contribution in [0.2, 0.25) is 15.1 Å². The summed E-state index contributed by atoms with van der Waals surface area (Å²) in [6.45, 7) is 1.91. The van der Waals surface area contributed by atoms with E-state index in [1.54, 1.807) is 36.4 Å². The van der Waals surface area contributed by atoms with Crippen molar-refractivity contribution in [3.05, 3.63) is 62.9 Å². The Morgan fingerprint density at radius 1 is 1.14 bits per heavy atom. The Kier molecular flexibility index (Phi) is 7.07. The van der Waals surface area contributed by atoms with Crippen molar-refractivity contribution in [3.63, 3.8) is 0 Å². The zero-order valence-corrected chi connectivity index (χ0v) is 17.6. The van der Waals surface area contributed by atoms with Crippen LogP contribution in [-0.4, -0.2) is 21.9 Å². The van der Waals surface area contributed by atoms with Crippen molar-refractivity contribution in [1.82, 2.24) is 10.2 Å². The molecule has 1 amide bonds. The van der Waals surface area contributed by atoms with Gasteiger partial charge >= 0.3 is 0 Å². The molecule has 6 nitrogen and oxygen atoms in total. The molecule has 1 N–H and O–H groups in total. The Labute approximate surface area is 180 Å². The number of halogens is 3. The van der Waals surface area contributed by atoms with Crippen molar-refractivity contribution in [2.75, 3.05) is 11.1 Å². The van der Waals surface area contributed by atoms with Crippen LogP contribution in [0.3, 0.4) is 0 Å². The van der Waals surface area contributed by atoms with Gasteiger partial charge in [-0.2, -0.15) is 0 Å². The van der Waals surface area contributed by atoms with Gasteiger partial charge in [-0.1, -0.05) is 46.6 Å². The number of aromatic nitrogens is 2. The van der Waals surface area contributed by atoms with E-state index >= 15 is 0 Å². The van der Waals surface area contributed by atoms with Crippen molar-refractivity contribution in [1.29, 1.82) is 0 Å². The number of thioether (sulfide) groups is 1. The third-order valence-electron chi connectivity index (χ3n) is 3.48. The minimum Gasteiger partial charge on any atom is -0.482 e. The molecule has 0 unspecified atom stereocenters. The Morgan fingerprint density at radius 3 is 2.64 bits per heavy atom. The maximum absolute atomic E-state index is 12.1. The number of hydrogen-bond acceptors (Lipinski definition) is 6. The number of amides is 1. The Balaban J connectivity index is 1.49. The molecule has 146 valence electrons. The fourth-order valence-corrected chi connectivity index (χ4v) is 3.44. The summed E-state index contributed by atoms with van der Waals surface area (Å²) < 4.78 is 11.0. The van der Waals surface area contributed by atoms with Gasteiger partial charge in [0.1, 0.15) is 5.75 Å². The zero-order chi connectivity index (χ0) is 20.1. The second-order valence-electron chi connectivity index (χ2n) is 5.62. The SMILES string of the molecule is Cc1cc(Cl)ccc1NC(=O)CSc1nnc(COc2ccc(Cl)cc2Cl)o1. The average molecular weight is 459 g/mol. The first-order valence-electron chi connectivity index (χ1n) is 8.00. The van der Waals surface area contributed by atoms with Crippen LogP contribution in [0.25, 0.3) is 0 Å². The van der Waals surface area contributed by atoms with Gasteiger partial charge in [-0.05, 0) is 48.9 Å². The summed E-state index contributed by atoms with van der Waals surface area (Å²) in [4.78, 5) is 12.1. The number of carbonyl (C=O) groups excluding carboxylic acids is 1. The number of anilines is 1. The highest BCUT2D eigenvalue weighted by Gasteiger charge is 2.12. The van der Waals surface area contributed by atoms with Crippen molar-refractivity contribution < 1.29 is 13.9 Å². The lowest BCUT2D eigenvalue weighted by atomic mass is 10.2. The summed E-state index contributed by atoms with van der Waals surface area (Å²) >= 11 is 18.9. The molecule has 0 atom stereocenters. The zero-order valence-electron chi connectivity index (χ0n) is 14.5. The maximum Gasteiger partial charge on any atom is 0.277 e. The fraction of sp³-hybridized carbons (Fsp3) is 0.167. The van der Waals surface area contributed by atoms with E-state index in [-0.39, 0.29) is 29.4 Å². The topological polar surface area (TPSA) is 77.2 Å². The Bertz CT molecular complexity index is 997. The first-order chi connectivity index (χ1) is 13.4. The van der Waals surface area contributed by atoms with Crippen molar-refractivity contribution in [3.8, 4) is 5.75 Å². The first-order valence-corrected chi connectivity index (χ1v) is 10.1. The maximum atomic E-state index is 12.1. The summed E-state index contributed by atoms with van der Waals surface area (Å²) in [5.41, 5.74) is 1.58. The summed E-state index contributed by atoms with van der Waals surface area (Å²) in [5.74, 6) is 0.645. The summed E-state index contributed by atoms with van der Waals surface area (Å²) in [6.07, 6.45) is 0. The molecule has 3 rings (SSSR count). The van der Waals surface area contributed by atoms with Crippen LogP contribution in [0.15, 0.2) is 46.0 Å². The molecular formula is C18H14Cl3N3O3S. The van der Waals surface area contributed by atoms with Gasteiger partial charge in [0.15, 0.2) is 6.61 Å². The number of ether oxygens (including phenoxy) is 1. The van der Waals surface area contributed by atoms with Gasteiger partial charge < -0.3 is 14.5 Å². The molecule has 0 aliphatic rings. The molecule has 0 spiro atoms. The molecule has 0 radical (unpaired) electrons. The predicted molar refractivity (Wildman–Crippen MR) is 111 cm³/mol. The Hall–Kier alpha value is -1.93. The van der Waals surface area contributed by atoms with Gasteiger partial charge in [0.25, 0.3) is 11.1 Å². The van der Waals surface area contributed by atoms with Crippen LogP contribution in [0.4, 0.5) is 5.69 Å². The normalized spacial score (nSPS) is 10.7. The van der Waals surface area contributed by atoms with E-state index in [0.29, 0.717) is 26.5 Å². The summed E-state index contributed by atoms with van der Waals surface area (Å²) in [6, 6.07) is 10.1.